The van der Waals surface area contributed by atoms with Gasteiger partial charge in [-0.1, -0.05) is 44.2 Å². The molecule has 1 aromatic carbocycles. The predicted molar refractivity (Wildman–Crippen MR) is 85.4 cm³/mol. The Morgan fingerprint density at radius 3 is 2.67 bits per heavy atom. The van der Waals surface area contributed by atoms with Gasteiger partial charge in [-0.15, -0.1) is 5.10 Å². The Morgan fingerprint density at radius 1 is 1.14 bits per heavy atom. The minimum Gasteiger partial charge on any atom is -0.381 e. The van der Waals surface area contributed by atoms with Crippen LogP contribution in [0.15, 0.2) is 48.7 Å². The Morgan fingerprint density at radius 2 is 1.90 bits per heavy atom. The lowest BCUT2D eigenvalue weighted by atomic mass is 9.84. The van der Waals surface area contributed by atoms with E-state index in [4.69, 9.17) is 5.73 Å². The summed E-state index contributed by atoms with van der Waals surface area (Å²) < 4.78 is 1.69. The highest BCUT2D eigenvalue weighted by Crippen LogP contribution is 2.24. The van der Waals surface area contributed by atoms with E-state index in [2.05, 4.69) is 53.5 Å². The molecule has 2 aromatic heterocycles. The molecule has 0 saturated carbocycles. The van der Waals surface area contributed by atoms with Crippen molar-refractivity contribution in [3.05, 3.63) is 54.2 Å². The summed E-state index contributed by atoms with van der Waals surface area (Å²) >= 11 is 0. The minimum atomic E-state index is 0.0135. The molecule has 3 rings (SSSR count). The van der Waals surface area contributed by atoms with Crippen LogP contribution >= 0.6 is 0 Å². The van der Waals surface area contributed by atoms with Crippen molar-refractivity contribution in [2.45, 2.75) is 19.3 Å². The van der Waals surface area contributed by atoms with E-state index in [1.807, 2.05) is 24.4 Å². The Kier molecular flexibility index (Phi) is 3.25. The molecule has 108 valence electrons. The summed E-state index contributed by atoms with van der Waals surface area (Å²) in [5, 5.41) is 7.58. The maximum Gasteiger partial charge on any atom is 0.240 e. The van der Waals surface area contributed by atoms with Gasteiger partial charge < -0.3 is 11.1 Å². The van der Waals surface area contributed by atoms with E-state index < -0.39 is 0 Å². The first kappa shape index (κ1) is 13.4. The molecule has 0 bridgehead atoms. The van der Waals surface area contributed by atoms with Gasteiger partial charge in [0.15, 0.2) is 5.65 Å². The van der Waals surface area contributed by atoms with Gasteiger partial charge in [0.05, 0.1) is 5.69 Å². The van der Waals surface area contributed by atoms with E-state index in [0.29, 0.717) is 0 Å². The molecule has 5 nitrogen and oxygen atoms in total. The standard InChI is InChI=1S/C16H19N5/c1-16(2,12-7-4-3-5-8-12)11-18-13-9-6-10-21-14(13)19-15(17)20-21/h3-10,18H,11H2,1-2H3,(H2,17,20). The fraction of sp³-hybridized carbons (Fsp3) is 0.250. The van der Waals surface area contributed by atoms with Gasteiger partial charge in [0.1, 0.15) is 0 Å². The van der Waals surface area contributed by atoms with Crippen molar-refractivity contribution < 1.29 is 0 Å². The maximum absolute atomic E-state index is 5.66. The maximum atomic E-state index is 5.66. The van der Waals surface area contributed by atoms with E-state index >= 15 is 0 Å². The van der Waals surface area contributed by atoms with Gasteiger partial charge in [-0.05, 0) is 17.7 Å². The van der Waals surface area contributed by atoms with Crippen molar-refractivity contribution in [1.29, 1.82) is 0 Å². The zero-order chi connectivity index (χ0) is 14.9. The predicted octanol–water partition coefficient (Wildman–Crippen LogP) is 2.70. The number of aromatic nitrogens is 3. The van der Waals surface area contributed by atoms with Crippen molar-refractivity contribution in [2.75, 3.05) is 17.6 Å². The molecule has 0 aliphatic heterocycles. The van der Waals surface area contributed by atoms with E-state index in [1.54, 1.807) is 4.52 Å². The van der Waals surface area contributed by atoms with Crippen LogP contribution in [0.5, 0.6) is 0 Å². The lowest BCUT2D eigenvalue weighted by Gasteiger charge is -2.26. The molecule has 0 fully saturated rings. The van der Waals surface area contributed by atoms with Gasteiger partial charge in [0.2, 0.25) is 5.95 Å². The Bertz CT molecular complexity index is 746. The summed E-state index contributed by atoms with van der Waals surface area (Å²) in [5.74, 6) is 0.284. The molecule has 0 aliphatic carbocycles. The summed E-state index contributed by atoms with van der Waals surface area (Å²) in [4.78, 5) is 4.25. The van der Waals surface area contributed by atoms with Crippen LogP contribution in [0.2, 0.25) is 0 Å². The van der Waals surface area contributed by atoms with Crippen LogP contribution in [0.1, 0.15) is 19.4 Å². The third-order valence-electron chi connectivity index (χ3n) is 3.65. The minimum absolute atomic E-state index is 0.0135. The molecule has 2 heterocycles. The first-order valence-electron chi connectivity index (χ1n) is 6.96. The number of pyridine rings is 1. The number of anilines is 2. The molecule has 0 saturated heterocycles. The number of hydrogen-bond acceptors (Lipinski definition) is 4. The third-order valence-corrected chi connectivity index (χ3v) is 3.65. The second-order valence-corrected chi connectivity index (χ2v) is 5.76. The first-order chi connectivity index (χ1) is 10.1. The average molecular weight is 281 g/mol. The second-order valence-electron chi connectivity index (χ2n) is 5.76. The molecule has 5 heteroatoms. The summed E-state index contributed by atoms with van der Waals surface area (Å²) in [5.41, 5.74) is 8.66. The highest BCUT2D eigenvalue weighted by Gasteiger charge is 2.20. The van der Waals surface area contributed by atoms with Crippen LogP contribution in [0.25, 0.3) is 5.65 Å². The summed E-state index contributed by atoms with van der Waals surface area (Å²) in [6, 6.07) is 14.4. The molecule has 3 aromatic rings. The van der Waals surface area contributed by atoms with Gasteiger partial charge in [-0.2, -0.15) is 4.98 Å². The lowest BCUT2D eigenvalue weighted by molar-refractivity contribution is 0.557. The summed E-state index contributed by atoms with van der Waals surface area (Å²) in [6.45, 7) is 5.23. The van der Waals surface area contributed by atoms with Crippen LogP contribution in [0.3, 0.4) is 0 Å². The first-order valence-corrected chi connectivity index (χ1v) is 6.96. The van der Waals surface area contributed by atoms with E-state index in [9.17, 15) is 0 Å². The second kappa shape index (κ2) is 5.09. The monoisotopic (exact) mass is 281 g/mol. The van der Waals surface area contributed by atoms with Gasteiger partial charge in [-0.25, -0.2) is 4.52 Å². The normalized spacial score (nSPS) is 11.7. The van der Waals surface area contributed by atoms with Crippen LogP contribution in [-0.2, 0) is 5.41 Å². The van der Waals surface area contributed by atoms with Gasteiger partial charge in [0.25, 0.3) is 0 Å². The van der Waals surface area contributed by atoms with Crippen LogP contribution in [0, 0.1) is 0 Å². The van der Waals surface area contributed by atoms with Gasteiger partial charge in [-0.3, -0.25) is 0 Å². The van der Waals surface area contributed by atoms with Crippen molar-refractivity contribution >= 4 is 17.3 Å². The quantitative estimate of drug-likeness (QED) is 0.771. The Hall–Kier alpha value is -2.56. The molecule has 0 spiro atoms. The number of nitrogen functional groups attached to an aromatic ring is 1. The zero-order valence-corrected chi connectivity index (χ0v) is 12.2. The van der Waals surface area contributed by atoms with Gasteiger partial charge >= 0.3 is 0 Å². The van der Waals surface area contributed by atoms with Crippen LogP contribution < -0.4 is 11.1 Å². The molecule has 0 atom stereocenters. The fourth-order valence-electron chi connectivity index (χ4n) is 2.37. The molecule has 0 radical (unpaired) electrons. The third kappa shape index (κ3) is 2.67. The largest absolute Gasteiger partial charge is 0.381 e. The number of benzene rings is 1. The number of nitrogens with two attached hydrogens (primary N) is 1. The van der Waals surface area contributed by atoms with Crippen molar-refractivity contribution in [2.24, 2.45) is 0 Å². The van der Waals surface area contributed by atoms with Gasteiger partial charge in [0, 0.05) is 18.2 Å². The van der Waals surface area contributed by atoms with Crippen molar-refractivity contribution in [3.63, 3.8) is 0 Å². The molecule has 21 heavy (non-hydrogen) atoms. The van der Waals surface area contributed by atoms with Crippen LogP contribution in [-0.4, -0.2) is 21.1 Å². The average Bonchev–Trinajstić information content (AvgIpc) is 2.87. The Balaban J connectivity index is 1.83. The fourth-order valence-corrected chi connectivity index (χ4v) is 2.37. The lowest BCUT2D eigenvalue weighted by Crippen LogP contribution is -2.27. The van der Waals surface area contributed by atoms with Crippen molar-refractivity contribution in [1.82, 2.24) is 14.6 Å². The Labute approximate surface area is 123 Å². The number of hydrogen-bond donors (Lipinski definition) is 2. The molecule has 0 amide bonds. The van der Waals surface area contributed by atoms with E-state index in [1.165, 1.54) is 5.56 Å². The topological polar surface area (TPSA) is 68.2 Å². The van der Waals surface area contributed by atoms with Crippen LogP contribution in [0.4, 0.5) is 11.6 Å². The number of nitrogens with one attached hydrogen (secondary N) is 1. The molecular formula is C16H19N5. The smallest absolute Gasteiger partial charge is 0.240 e. The molecule has 0 aliphatic rings. The summed E-state index contributed by atoms with van der Waals surface area (Å²) in [7, 11) is 0. The summed E-state index contributed by atoms with van der Waals surface area (Å²) in [6.07, 6.45) is 1.84. The SMILES string of the molecule is CC(C)(CNc1cccn2nc(N)nc12)c1ccccc1. The number of nitrogens with zero attached hydrogens (tertiary/aromatic N) is 3. The molecular weight excluding hydrogens is 262 g/mol. The van der Waals surface area contributed by atoms with E-state index in [0.717, 1.165) is 17.9 Å². The van der Waals surface area contributed by atoms with Crippen molar-refractivity contribution in [3.8, 4) is 0 Å². The number of rotatable bonds is 4. The number of fused-ring (bicyclic) bond motifs is 1. The molecule has 0 unspecified atom stereocenters. The highest BCUT2D eigenvalue weighted by atomic mass is 15.3. The van der Waals surface area contributed by atoms with E-state index in [-0.39, 0.29) is 11.4 Å². The highest BCUT2D eigenvalue weighted by molar-refractivity contribution is 5.68. The molecule has 3 N–H and O–H groups in total. The zero-order valence-electron chi connectivity index (χ0n) is 12.2.